The average molecular weight is 715 g/mol. The first-order valence-corrected chi connectivity index (χ1v) is 20.0. The number of Topliss-reactive ketones (excluding diaryl/α,β-unsaturated/α-hetero) is 1. The Balaban J connectivity index is 0.986. The Morgan fingerprint density at radius 3 is 2.33 bits per heavy atom. The minimum Gasteiger partial charge on any atom is -0.394 e. The Labute approximate surface area is 301 Å². The van der Waals surface area contributed by atoms with Crippen LogP contribution in [0.5, 0.6) is 0 Å². The second-order valence-electron chi connectivity index (χ2n) is 17.5. The number of aliphatic hydroxyl groups excluding tert-OH is 2. The lowest BCUT2D eigenvalue weighted by atomic mass is 9.79. The molecule has 0 amide bonds. The molecule has 10 aliphatic heterocycles. The normalized spacial score (nSPS) is 53.2. The van der Waals surface area contributed by atoms with Gasteiger partial charge in [0.05, 0.1) is 67.6 Å². The molecule has 11 heteroatoms. The molecule has 0 saturated carbocycles. The van der Waals surface area contributed by atoms with Crippen LogP contribution in [0.25, 0.3) is 0 Å². The van der Waals surface area contributed by atoms with Gasteiger partial charge in [0, 0.05) is 38.5 Å². The van der Waals surface area contributed by atoms with Gasteiger partial charge in [0.2, 0.25) is 0 Å². The van der Waals surface area contributed by atoms with Crippen LogP contribution in [0, 0.1) is 17.8 Å². The van der Waals surface area contributed by atoms with Crippen LogP contribution in [0.1, 0.15) is 97.3 Å². The molecule has 10 fully saturated rings. The van der Waals surface area contributed by atoms with Gasteiger partial charge in [0.25, 0.3) is 0 Å². The van der Waals surface area contributed by atoms with Crippen molar-refractivity contribution in [3.63, 3.8) is 0 Å². The fraction of sp³-hybridized carbons (Fsp3) is 0.875. The molecule has 19 atom stereocenters. The Morgan fingerprint density at radius 2 is 1.49 bits per heavy atom. The summed E-state index contributed by atoms with van der Waals surface area (Å²) in [5.41, 5.74) is 2.22. The van der Waals surface area contributed by atoms with Crippen molar-refractivity contribution in [3.8, 4) is 0 Å². The van der Waals surface area contributed by atoms with Gasteiger partial charge in [-0.3, -0.25) is 4.79 Å². The standard InChI is InChI=1S/C40H58O11/c1-19-11-25-5-7-29-20(2)12-27(44-29)9-10-40-17-34-36(50-40)37-38(49-34)39(51-40)35-30(48-37)8-6-26(46-35)13-23(42)14-28-22(4)31(15-24(43)18-41)47-33(28)16-32(45-25)21(19)3/h19,22,24-39,41,43H,2-3,5-18H2,1,4H3/t19-,22-,24+,25+,26-,27+,28-,29?,30+,31-,32-,33+,34-,35+,36+,37+,38-,39?,40+/m1/s1. The van der Waals surface area contributed by atoms with Crippen LogP contribution in [0.3, 0.4) is 0 Å². The highest BCUT2D eigenvalue weighted by molar-refractivity contribution is 5.79. The predicted molar refractivity (Wildman–Crippen MR) is 183 cm³/mol. The average Bonchev–Trinajstić information content (AvgIpc) is 3.77. The van der Waals surface area contributed by atoms with Crippen molar-refractivity contribution in [1.29, 1.82) is 0 Å². The van der Waals surface area contributed by atoms with E-state index in [-0.39, 0.29) is 110 Å². The minimum atomic E-state index is -0.872. The second-order valence-corrected chi connectivity index (χ2v) is 17.5. The summed E-state index contributed by atoms with van der Waals surface area (Å²) >= 11 is 0. The molecule has 12 bridgehead atoms. The molecule has 1 spiro atoms. The van der Waals surface area contributed by atoms with E-state index >= 15 is 0 Å². The smallest absolute Gasteiger partial charge is 0.172 e. The summed E-state index contributed by atoms with van der Waals surface area (Å²) in [6.07, 6.45) is 5.65. The van der Waals surface area contributed by atoms with Crippen molar-refractivity contribution < 1.29 is 52.9 Å². The van der Waals surface area contributed by atoms with Gasteiger partial charge in [0.15, 0.2) is 5.79 Å². The SMILES string of the molecule is C=C1C[C@@H]2CC[C@@]34C[C@H]5O[C@H]6C(O3)[C@H]3O[C@H](CC[C@@H]3O[C@H]6[C@H]5O4)CC(=O)C[C@@H]3[C@@H](C)[C@@H](C[C@H](O)CO)O[C@H]3C[C@H]3O[C@@H](CCC1O2)C[C@@H](C)C3=C. The van der Waals surface area contributed by atoms with E-state index in [0.29, 0.717) is 44.4 Å². The van der Waals surface area contributed by atoms with E-state index in [2.05, 4.69) is 27.0 Å². The molecule has 284 valence electrons. The molecule has 11 nitrogen and oxygen atoms in total. The highest BCUT2D eigenvalue weighted by Gasteiger charge is 2.68. The van der Waals surface area contributed by atoms with Gasteiger partial charge in [-0.25, -0.2) is 0 Å². The number of ether oxygens (including phenoxy) is 8. The molecular weight excluding hydrogens is 656 g/mol. The van der Waals surface area contributed by atoms with Crippen molar-refractivity contribution in [3.05, 3.63) is 24.3 Å². The van der Waals surface area contributed by atoms with Crippen molar-refractivity contribution in [2.75, 3.05) is 6.61 Å². The van der Waals surface area contributed by atoms with Crippen LogP contribution in [0.15, 0.2) is 24.3 Å². The first-order chi connectivity index (χ1) is 24.6. The Hall–Kier alpha value is -1.25. The molecule has 51 heavy (non-hydrogen) atoms. The van der Waals surface area contributed by atoms with Gasteiger partial charge in [-0.05, 0) is 73.8 Å². The fourth-order valence-corrected chi connectivity index (χ4v) is 11.3. The third kappa shape index (κ3) is 6.53. The lowest BCUT2D eigenvalue weighted by Gasteiger charge is -2.47. The number of rotatable bonds is 3. The molecule has 0 radical (unpaired) electrons. The van der Waals surface area contributed by atoms with Crippen LogP contribution >= 0.6 is 0 Å². The van der Waals surface area contributed by atoms with Gasteiger partial charge < -0.3 is 48.1 Å². The summed E-state index contributed by atoms with van der Waals surface area (Å²) in [4.78, 5) is 14.0. The van der Waals surface area contributed by atoms with Crippen LogP contribution in [-0.2, 0) is 42.7 Å². The highest BCUT2D eigenvalue weighted by Crippen LogP contribution is 2.54. The van der Waals surface area contributed by atoms with E-state index in [0.717, 1.165) is 56.1 Å². The quantitative estimate of drug-likeness (QED) is 0.410. The van der Waals surface area contributed by atoms with Crippen LogP contribution in [0.4, 0.5) is 0 Å². The molecule has 0 aliphatic carbocycles. The van der Waals surface area contributed by atoms with E-state index in [1.165, 1.54) is 0 Å². The maximum atomic E-state index is 14.0. The van der Waals surface area contributed by atoms with Crippen molar-refractivity contribution in [2.24, 2.45) is 17.8 Å². The summed E-state index contributed by atoms with van der Waals surface area (Å²) in [6, 6.07) is 0. The molecule has 2 N–H and O–H groups in total. The van der Waals surface area contributed by atoms with Gasteiger partial charge in [-0.15, -0.1) is 0 Å². The lowest BCUT2D eigenvalue weighted by molar-refractivity contribution is -0.292. The maximum Gasteiger partial charge on any atom is 0.172 e. The molecular formula is C40H58O11. The van der Waals surface area contributed by atoms with Crippen molar-refractivity contribution in [1.82, 2.24) is 0 Å². The first-order valence-electron chi connectivity index (χ1n) is 20.0. The molecule has 0 aromatic heterocycles. The lowest BCUT2D eigenvalue weighted by Crippen LogP contribution is -2.61. The summed E-state index contributed by atoms with van der Waals surface area (Å²) in [6.45, 7) is 12.9. The van der Waals surface area contributed by atoms with Crippen LogP contribution in [-0.4, -0.2) is 120 Å². The molecule has 0 aromatic carbocycles. The van der Waals surface area contributed by atoms with Crippen molar-refractivity contribution in [2.45, 2.75) is 195 Å². The second kappa shape index (κ2) is 13.8. The largest absolute Gasteiger partial charge is 0.394 e. The highest BCUT2D eigenvalue weighted by atomic mass is 16.8. The first kappa shape index (κ1) is 35.5. The fourth-order valence-electron chi connectivity index (χ4n) is 11.3. The summed E-state index contributed by atoms with van der Waals surface area (Å²) in [5, 5.41) is 20.0. The molecule has 10 rings (SSSR count). The monoisotopic (exact) mass is 714 g/mol. The van der Waals surface area contributed by atoms with Crippen LogP contribution in [0.2, 0.25) is 0 Å². The molecule has 10 aliphatic rings. The van der Waals surface area contributed by atoms with Crippen molar-refractivity contribution >= 4 is 5.78 Å². The predicted octanol–water partition coefficient (Wildman–Crippen LogP) is 4.09. The van der Waals surface area contributed by atoms with Crippen LogP contribution < -0.4 is 0 Å². The minimum absolute atomic E-state index is 0.00894. The van der Waals surface area contributed by atoms with E-state index in [1.807, 2.05) is 0 Å². The van der Waals surface area contributed by atoms with E-state index in [9.17, 15) is 15.0 Å². The number of ketones is 1. The number of carbonyl (C=O) groups is 1. The number of fused-ring (bicyclic) bond motifs is 6. The van der Waals surface area contributed by atoms with Gasteiger partial charge >= 0.3 is 0 Å². The third-order valence-electron chi connectivity index (χ3n) is 14.1. The number of aliphatic hydroxyl groups is 2. The number of hydrogen-bond donors (Lipinski definition) is 2. The molecule has 0 aromatic rings. The van der Waals surface area contributed by atoms with E-state index in [1.54, 1.807) is 0 Å². The maximum absolute atomic E-state index is 14.0. The number of carbonyl (C=O) groups excluding carboxylic acids is 1. The van der Waals surface area contributed by atoms with E-state index < -0.39 is 11.9 Å². The zero-order chi connectivity index (χ0) is 35.2. The zero-order valence-corrected chi connectivity index (χ0v) is 30.3. The topological polar surface area (TPSA) is 131 Å². The summed E-state index contributed by atoms with van der Waals surface area (Å²) in [5.74, 6) is -0.367. The van der Waals surface area contributed by atoms with Gasteiger partial charge in [-0.1, -0.05) is 27.0 Å². The number of hydrogen-bond acceptors (Lipinski definition) is 11. The van der Waals surface area contributed by atoms with E-state index in [4.69, 9.17) is 37.9 Å². The van der Waals surface area contributed by atoms with Gasteiger partial charge in [0.1, 0.15) is 36.3 Å². The molecule has 2 unspecified atom stereocenters. The molecule has 10 saturated heterocycles. The Bertz CT molecular complexity index is 1360. The molecule has 10 heterocycles. The third-order valence-corrected chi connectivity index (χ3v) is 14.1. The zero-order valence-electron chi connectivity index (χ0n) is 30.3. The Kier molecular flexibility index (Phi) is 9.59. The summed E-state index contributed by atoms with van der Waals surface area (Å²) in [7, 11) is 0. The summed E-state index contributed by atoms with van der Waals surface area (Å²) < 4.78 is 53.9. The van der Waals surface area contributed by atoms with Gasteiger partial charge in [-0.2, -0.15) is 0 Å². The Morgan fingerprint density at radius 1 is 0.745 bits per heavy atom.